The molecule has 3 fully saturated rings. The van der Waals surface area contributed by atoms with E-state index in [1.54, 1.807) is 0 Å². The van der Waals surface area contributed by atoms with Crippen LogP contribution in [0.4, 0.5) is 0 Å². The first-order valence-corrected chi connectivity index (χ1v) is 9.36. The Morgan fingerprint density at radius 3 is 3.00 bits per heavy atom. The number of ether oxygens (including phenoxy) is 1. The molecule has 3 rings (SSSR count). The van der Waals surface area contributed by atoms with Crippen molar-refractivity contribution >= 4 is 17.5 Å². The van der Waals surface area contributed by atoms with E-state index in [1.807, 2.05) is 11.8 Å². The average molecular weight is 297 g/mol. The van der Waals surface area contributed by atoms with Crippen LogP contribution in [0.3, 0.4) is 0 Å². The monoisotopic (exact) mass is 297 g/mol. The molecule has 0 aliphatic carbocycles. The van der Waals surface area contributed by atoms with Crippen molar-refractivity contribution < 1.29 is 9.53 Å². The van der Waals surface area contributed by atoms with E-state index in [1.165, 1.54) is 5.75 Å². The fourth-order valence-electron chi connectivity index (χ4n) is 4.29. The third kappa shape index (κ3) is 2.67. The van der Waals surface area contributed by atoms with Gasteiger partial charge in [0.1, 0.15) is 0 Å². The van der Waals surface area contributed by atoms with Gasteiger partial charge in [0.2, 0.25) is 0 Å². The lowest BCUT2D eigenvalue weighted by Crippen LogP contribution is -2.53. The van der Waals surface area contributed by atoms with Crippen LogP contribution >= 0.6 is 11.8 Å². The van der Waals surface area contributed by atoms with Gasteiger partial charge in [0.25, 0.3) is 0 Å². The highest BCUT2D eigenvalue weighted by Crippen LogP contribution is 2.42. The van der Waals surface area contributed by atoms with E-state index in [0.717, 1.165) is 63.9 Å². The Labute approximate surface area is 126 Å². The standard InChI is InChI=1S/C16H27NO2S/c1-2-5-16(6-3-8-17-16)14(18)13-4-9-19-15(11-13)7-10-20-12-15/h13,17H,2-12H2,1H3. The van der Waals surface area contributed by atoms with Gasteiger partial charge in [0.15, 0.2) is 5.78 Å². The van der Waals surface area contributed by atoms with Gasteiger partial charge >= 0.3 is 0 Å². The van der Waals surface area contributed by atoms with E-state index in [2.05, 4.69) is 12.2 Å². The predicted octanol–water partition coefficient (Wildman–Crippen LogP) is 2.78. The lowest BCUT2D eigenvalue weighted by atomic mass is 9.74. The highest BCUT2D eigenvalue weighted by Gasteiger charge is 2.48. The minimum absolute atomic E-state index is 0.0231. The molecular weight excluding hydrogens is 270 g/mol. The van der Waals surface area contributed by atoms with Crippen molar-refractivity contribution in [2.75, 3.05) is 24.7 Å². The summed E-state index contributed by atoms with van der Waals surface area (Å²) in [6.45, 7) is 3.98. The van der Waals surface area contributed by atoms with Crippen LogP contribution in [0, 0.1) is 5.92 Å². The van der Waals surface area contributed by atoms with Crippen LogP contribution < -0.4 is 5.32 Å². The van der Waals surface area contributed by atoms with Gasteiger partial charge in [0, 0.05) is 18.3 Å². The van der Waals surface area contributed by atoms with Gasteiger partial charge in [-0.1, -0.05) is 13.3 Å². The Kier molecular flexibility index (Phi) is 4.44. The summed E-state index contributed by atoms with van der Waals surface area (Å²) in [6, 6.07) is 0. The molecule has 0 saturated carbocycles. The summed E-state index contributed by atoms with van der Waals surface area (Å²) in [4.78, 5) is 13.1. The van der Waals surface area contributed by atoms with Crippen molar-refractivity contribution in [1.29, 1.82) is 0 Å². The van der Waals surface area contributed by atoms with E-state index in [4.69, 9.17) is 4.74 Å². The Bertz CT molecular complexity index is 359. The van der Waals surface area contributed by atoms with Crippen LogP contribution in [0.2, 0.25) is 0 Å². The zero-order valence-corrected chi connectivity index (χ0v) is 13.4. The Morgan fingerprint density at radius 1 is 1.45 bits per heavy atom. The summed E-state index contributed by atoms with van der Waals surface area (Å²) in [5, 5.41) is 3.55. The maximum absolute atomic E-state index is 13.1. The lowest BCUT2D eigenvalue weighted by Gasteiger charge is -2.40. The first kappa shape index (κ1) is 14.9. The minimum Gasteiger partial charge on any atom is -0.374 e. The fourth-order valence-corrected chi connectivity index (χ4v) is 5.66. The van der Waals surface area contributed by atoms with Crippen LogP contribution in [-0.2, 0) is 9.53 Å². The van der Waals surface area contributed by atoms with E-state index < -0.39 is 0 Å². The summed E-state index contributed by atoms with van der Waals surface area (Å²) in [6.07, 6.45) is 7.31. The summed E-state index contributed by atoms with van der Waals surface area (Å²) in [5.74, 6) is 3.00. The number of thioether (sulfide) groups is 1. The summed E-state index contributed by atoms with van der Waals surface area (Å²) < 4.78 is 6.07. The zero-order valence-electron chi connectivity index (χ0n) is 12.6. The number of nitrogens with one attached hydrogen (secondary N) is 1. The molecule has 1 N–H and O–H groups in total. The number of carbonyl (C=O) groups excluding carboxylic acids is 1. The lowest BCUT2D eigenvalue weighted by molar-refractivity contribution is -0.140. The molecule has 3 aliphatic rings. The van der Waals surface area contributed by atoms with Crippen molar-refractivity contribution in [3.63, 3.8) is 0 Å². The molecule has 0 amide bonds. The van der Waals surface area contributed by atoms with Crippen LogP contribution in [0.25, 0.3) is 0 Å². The highest BCUT2D eigenvalue weighted by molar-refractivity contribution is 7.99. The second kappa shape index (κ2) is 5.98. The first-order chi connectivity index (χ1) is 9.70. The first-order valence-electron chi connectivity index (χ1n) is 8.21. The zero-order chi connectivity index (χ0) is 14.1. The average Bonchev–Trinajstić information content (AvgIpc) is 3.10. The van der Waals surface area contributed by atoms with Gasteiger partial charge in [-0.25, -0.2) is 0 Å². The molecule has 4 heteroatoms. The van der Waals surface area contributed by atoms with Gasteiger partial charge in [0.05, 0.1) is 11.1 Å². The molecule has 3 heterocycles. The number of hydrogen-bond acceptors (Lipinski definition) is 4. The molecule has 0 radical (unpaired) electrons. The molecule has 3 unspecified atom stereocenters. The molecule has 3 saturated heterocycles. The largest absolute Gasteiger partial charge is 0.374 e. The molecule has 3 atom stereocenters. The van der Waals surface area contributed by atoms with Crippen LogP contribution in [0.5, 0.6) is 0 Å². The van der Waals surface area contributed by atoms with Gasteiger partial charge in [-0.15, -0.1) is 0 Å². The topological polar surface area (TPSA) is 38.3 Å². The van der Waals surface area contributed by atoms with Gasteiger partial charge in [-0.2, -0.15) is 11.8 Å². The van der Waals surface area contributed by atoms with Crippen molar-refractivity contribution in [2.24, 2.45) is 5.92 Å². The van der Waals surface area contributed by atoms with Gasteiger partial charge in [-0.05, 0) is 50.8 Å². The van der Waals surface area contributed by atoms with E-state index >= 15 is 0 Å². The van der Waals surface area contributed by atoms with Crippen LogP contribution in [-0.4, -0.2) is 41.6 Å². The Morgan fingerprint density at radius 2 is 2.35 bits per heavy atom. The Hall–Kier alpha value is -0.0600. The van der Waals surface area contributed by atoms with E-state index in [9.17, 15) is 4.79 Å². The molecular formula is C16H27NO2S. The maximum atomic E-state index is 13.1. The molecule has 114 valence electrons. The fraction of sp³-hybridized carbons (Fsp3) is 0.938. The maximum Gasteiger partial charge on any atom is 0.156 e. The number of hydrogen-bond donors (Lipinski definition) is 1. The van der Waals surface area contributed by atoms with E-state index in [-0.39, 0.29) is 17.1 Å². The smallest absolute Gasteiger partial charge is 0.156 e. The second-order valence-electron chi connectivity index (χ2n) is 6.75. The van der Waals surface area contributed by atoms with Crippen molar-refractivity contribution in [2.45, 2.75) is 63.0 Å². The molecule has 1 spiro atoms. The van der Waals surface area contributed by atoms with E-state index in [0.29, 0.717) is 5.78 Å². The summed E-state index contributed by atoms with van der Waals surface area (Å²) >= 11 is 1.98. The molecule has 0 aromatic carbocycles. The third-order valence-corrected chi connectivity index (χ3v) is 6.55. The predicted molar refractivity (Wildman–Crippen MR) is 83.2 cm³/mol. The van der Waals surface area contributed by atoms with Crippen LogP contribution in [0.15, 0.2) is 0 Å². The molecule has 0 aromatic rings. The normalized spacial score (nSPS) is 41.4. The van der Waals surface area contributed by atoms with Crippen molar-refractivity contribution in [1.82, 2.24) is 5.32 Å². The van der Waals surface area contributed by atoms with Crippen LogP contribution in [0.1, 0.15) is 51.9 Å². The highest BCUT2D eigenvalue weighted by atomic mass is 32.2. The second-order valence-corrected chi connectivity index (χ2v) is 7.86. The van der Waals surface area contributed by atoms with Gasteiger partial charge < -0.3 is 10.1 Å². The summed E-state index contributed by atoms with van der Waals surface area (Å²) in [5.41, 5.74) is -0.182. The number of ketones is 1. The quantitative estimate of drug-likeness (QED) is 0.866. The van der Waals surface area contributed by atoms with Crippen molar-refractivity contribution in [3.8, 4) is 0 Å². The number of carbonyl (C=O) groups is 1. The number of Topliss-reactive ketones (excluding diaryl/α,β-unsaturated/α-hetero) is 1. The molecule has 0 aromatic heterocycles. The summed E-state index contributed by atoms with van der Waals surface area (Å²) in [7, 11) is 0. The third-order valence-electron chi connectivity index (χ3n) is 5.32. The molecule has 3 aliphatic heterocycles. The van der Waals surface area contributed by atoms with Gasteiger partial charge in [-0.3, -0.25) is 4.79 Å². The number of rotatable bonds is 4. The molecule has 20 heavy (non-hydrogen) atoms. The molecule has 3 nitrogen and oxygen atoms in total. The van der Waals surface area contributed by atoms with Crippen molar-refractivity contribution in [3.05, 3.63) is 0 Å². The Balaban J connectivity index is 1.72. The minimum atomic E-state index is -0.205. The SMILES string of the molecule is CCCC1(C(=O)C2CCOC3(CCSC3)C2)CCCN1. The molecule has 0 bridgehead atoms.